The fourth-order valence-electron chi connectivity index (χ4n) is 5.33. The Hall–Kier alpha value is -2.76. The number of carbonyl (C=O) groups excluding carboxylic acids is 1. The highest BCUT2D eigenvalue weighted by atomic mass is 35.5. The second-order valence-electron chi connectivity index (χ2n) is 10.8. The molecule has 2 aliphatic heterocycles. The molecule has 2 aliphatic rings. The highest BCUT2D eigenvalue weighted by Gasteiger charge is 2.37. The van der Waals surface area contributed by atoms with Crippen LogP contribution in [-0.2, 0) is 20.4 Å². The van der Waals surface area contributed by atoms with Crippen molar-refractivity contribution in [1.82, 2.24) is 19.3 Å². The van der Waals surface area contributed by atoms with Crippen LogP contribution >= 0.6 is 11.6 Å². The summed E-state index contributed by atoms with van der Waals surface area (Å²) in [5.41, 5.74) is 0.647. The van der Waals surface area contributed by atoms with Crippen LogP contribution in [0.1, 0.15) is 32.4 Å². The molecule has 208 valence electrons. The number of nitrogens with zero attached hydrogens (tertiary/aromatic N) is 5. The number of halogens is 1. The minimum atomic E-state index is -3.82. The molecule has 1 amide bonds. The highest BCUT2D eigenvalue weighted by molar-refractivity contribution is 7.89. The van der Waals surface area contributed by atoms with E-state index in [4.69, 9.17) is 11.6 Å². The minimum Gasteiger partial charge on any atom is -0.384 e. The molecule has 1 N–H and O–H groups in total. The number of anilines is 1. The number of piperidine rings is 1. The van der Waals surface area contributed by atoms with Crippen LogP contribution in [-0.4, -0.2) is 84.6 Å². The smallest absolute Gasteiger partial charge is 0.252 e. The lowest BCUT2D eigenvalue weighted by Gasteiger charge is -2.45. The molecule has 0 spiro atoms. The molecule has 2 aromatic carbocycles. The third kappa shape index (κ3) is 5.76. The topological polar surface area (TPSA) is 97.3 Å². The van der Waals surface area contributed by atoms with Crippen molar-refractivity contribution >= 4 is 44.0 Å². The monoisotopic (exact) mass is 571 g/mol. The Morgan fingerprint density at radius 2 is 1.69 bits per heavy atom. The lowest BCUT2D eigenvalue weighted by atomic mass is 10.0. The molecule has 0 aliphatic carbocycles. The predicted octanol–water partition coefficient (Wildman–Crippen LogP) is 3.46. The largest absolute Gasteiger partial charge is 0.384 e. The average Bonchev–Trinajstić information content (AvgIpc) is 2.92. The lowest BCUT2D eigenvalue weighted by Crippen LogP contribution is -2.60. The summed E-state index contributed by atoms with van der Waals surface area (Å²) < 4.78 is 28.0. The number of hydrazine groups is 1. The van der Waals surface area contributed by atoms with Crippen LogP contribution in [0.4, 0.5) is 5.69 Å². The van der Waals surface area contributed by atoms with E-state index >= 15 is 0 Å². The zero-order valence-corrected chi connectivity index (χ0v) is 24.0. The van der Waals surface area contributed by atoms with Crippen LogP contribution in [0.25, 0.3) is 10.8 Å². The van der Waals surface area contributed by atoms with E-state index in [1.54, 1.807) is 61.5 Å². The van der Waals surface area contributed by atoms with Crippen LogP contribution in [0.2, 0.25) is 5.02 Å². The van der Waals surface area contributed by atoms with Gasteiger partial charge in [-0.05, 0) is 73.9 Å². The van der Waals surface area contributed by atoms with E-state index < -0.39 is 15.6 Å². The second-order valence-corrected chi connectivity index (χ2v) is 13.1. The lowest BCUT2D eigenvalue weighted by molar-refractivity contribution is -0.156. The zero-order chi connectivity index (χ0) is 27.9. The van der Waals surface area contributed by atoms with Gasteiger partial charge in [0.1, 0.15) is 5.60 Å². The molecule has 0 bridgehead atoms. The van der Waals surface area contributed by atoms with Crippen molar-refractivity contribution in [3.05, 3.63) is 65.4 Å². The predicted molar refractivity (Wildman–Crippen MR) is 152 cm³/mol. The Bertz CT molecular complexity index is 1480. The Morgan fingerprint density at radius 1 is 1.00 bits per heavy atom. The van der Waals surface area contributed by atoms with Crippen molar-refractivity contribution in [3.8, 4) is 0 Å². The number of hydrogen-bond acceptors (Lipinski definition) is 7. The van der Waals surface area contributed by atoms with Gasteiger partial charge in [-0.1, -0.05) is 23.7 Å². The number of aliphatic hydroxyl groups is 1. The maximum atomic E-state index is 13.4. The van der Waals surface area contributed by atoms with E-state index in [1.165, 1.54) is 4.31 Å². The summed E-state index contributed by atoms with van der Waals surface area (Å²) >= 11 is 6.05. The number of carbonyl (C=O) groups is 1. The van der Waals surface area contributed by atoms with Gasteiger partial charge in [0.2, 0.25) is 10.0 Å². The van der Waals surface area contributed by atoms with Crippen LogP contribution in [0.15, 0.2) is 59.6 Å². The third-order valence-electron chi connectivity index (χ3n) is 7.68. The minimum absolute atomic E-state index is 0.163. The molecular weight excluding hydrogens is 538 g/mol. The first-order valence-corrected chi connectivity index (χ1v) is 14.9. The van der Waals surface area contributed by atoms with Crippen LogP contribution < -0.4 is 4.90 Å². The van der Waals surface area contributed by atoms with Gasteiger partial charge in [0.15, 0.2) is 0 Å². The summed E-state index contributed by atoms with van der Waals surface area (Å²) in [5.74, 6) is -0.230. The SMILES string of the molecule is CN(C1CCN(c2ccnc(C(C)(C)O)c2)CC1)N1CCN(S(=O)(=O)c2ccc3cc(Cl)ccc3c2)CC1=O. The molecule has 0 unspecified atom stereocenters. The highest BCUT2D eigenvalue weighted by Crippen LogP contribution is 2.28. The Labute approximate surface area is 234 Å². The van der Waals surface area contributed by atoms with Gasteiger partial charge in [-0.2, -0.15) is 4.31 Å². The molecule has 39 heavy (non-hydrogen) atoms. The molecule has 5 rings (SSSR count). The number of hydrogen-bond donors (Lipinski definition) is 1. The molecule has 11 heteroatoms. The van der Waals surface area contributed by atoms with Crippen LogP contribution in [0.5, 0.6) is 0 Å². The molecule has 2 fully saturated rings. The summed E-state index contributed by atoms with van der Waals surface area (Å²) in [4.78, 5) is 19.9. The maximum absolute atomic E-state index is 13.4. The van der Waals surface area contributed by atoms with E-state index in [-0.39, 0.29) is 29.9 Å². The number of pyridine rings is 1. The number of piperazine rings is 1. The summed E-state index contributed by atoms with van der Waals surface area (Å²) in [5, 5.41) is 16.2. The number of fused-ring (bicyclic) bond motifs is 1. The molecule has 0 radical (unpaired) electrons. The van der Waals surface area contributed by atoms with E-state index in [9.17, 15) is 18.3 Å². The van der Waals surface area contributed by atoms with Gasteiger partial charge in [-0.3, -0.25) is 14.8 Å². The normalized spacial score (nSPS) is 18.4. The molecule has 9 nitrogen and oxygen atoms in total. The molecule has 3 aromatic rings. The van der Waals surface area contributed by atoms with Gasteiger partial charge in [-0.25, -0.2) is 13.4 Å². The third-order valence-corrected chi connectivity index (χ3v) is 9.76. The summed E-state index contributed by atoms with van der Waals surface area (Å²) in [6, 6.07) is 14.3. The van der Waals surface area contributed by atoms with E-state index in [1.807, 2.05) is 24.2 Å². The fraction of sp³-hybridized carbons (Fsp3) is 0.429. The van der Waals surface area contributed by atoms with Crippen molar-refractivity contribution in [3.63, 3.8) is 0 Å². The summed E-state index contributed by atoms with van der Waals surface area (Å²) in [6.07, 6.45) is 3.42. The number of aromatic nitrogens is 1. The van der Waals surface area contributed by atoms with Gasteiger partial charge in [0.05, 0.1) is 23.7 Å². The van der Waals surface area contributed by atoms with Gasteiger partial charge < -0.3 is 10.0 Å². The average molecular weight is 572 g/mol. The molecule has 1 aromatic heterocycles. The number of amides is 1. The standard InChI is InChI=1S/C28H34ClN5O4S/c1-28(2,36)26-18-24(8-11-30-26)32-12-9-23(10-13-32)31(3)34-15-14-33(19-27(34)35)39(37,38)25-7-5-20-16-22(29)6-4-21(20)17-25/h4-8,11,16-18,23,36H,9-10,12-15,19H2,1-3H3. The number of benzene rings is 2. The molecule has 0 saturated carbocycles. The Balaban J connectivity index is 1.21. The fourth-order valence-corrected chi connectivity index (χ4v) is 6.93. The number of sulfonamides is 1. The van der Waals surface area contributed by atoms with Gasteiger partial charge in [0.25, 0.3) is 5.91 Å². The van der Waals surface area contributed by atoms with Crippen molar-refractivity contribution in [2.24, 2.45) is 0 Å². The van der Waals surface area contributed by atoms with Crippen molar-refractivity contribution in [2.75, 3.05) is 44.7 Å². The summed E-state index contributed by atoms with van der Waals surface area (Å²) in [7, 11) is -1.91. The Morgan fingerprint density at radius 3 is 2.38 bits per heavy atom. The number of rotatable bonds is 6. The van der Waals surface area contributed by atoms with Crippen molar-refractivity contribution in [1.29, 1.82) is 0 Å². The van der Waals surface area contributed by atoms with Crippen molar-refractivity contribution in [2.45, 2.75) is 43.2 Å². The first-order chi connectivity index (χ1) is 18.4. The van der Waals surface area contributed by atoms with Crippen LogP contribution in [0.3, 0.4) is 0 Å². The van der Waals surface area contributed by atoms with Crippen LogP contribution in [0, 0.1) is 0 Å². The summed E-state index contributed by atoms with van der Waals surface area (Å²) in [6.45, 7) is 5.39. The zero-order valence-electron chi connectivity index (χ0n) is 22.4. The van der Waals surface area contributed by atoms with E-state index in [0.717, 1.165) is 42.4 Å². The van der Waals surface area contributed by atoms with Crippen molar-refractivity contribution < 1.29 is 18.3 Å². The molecular formula is C28H34ClN5O4S. The molecule has 3 heterocycles. The Kier molecular flexibility index (Phi) is 7.60. The second kappa shape index (κ2) is 10.7. The quantitative estimate of drug-likeness (QED) is 0.484. The molecule has 0 atom stereocenters. The molecule has 2 saturated heterocycles. The van der Waals surface area contributed by atoms with Gasteiger partial charge in [-0.15, -0.1) is 0 Å². The van der Waals surface area contributed by atoms with E-state index in [0.29, 0.717) is 17.3 Å². The first kappa shape index (κ1) is 27.8. The van der Waals surface area contributed by atoms with Gasteiger partial charge >= 0.3 is 0 Å². The van der Waals surface area contributed by atoms with E-state index in [2.05, 4.69) is 9.88 Å². The maximum Gasteiger partial charge on any atom is 0.252 e. The first-order valence-electron chi connectivity index (χ1n) is 13.1. The van der Waals surface area contributed by atoms with Gasteiger partial charge in [0, 0.05) is 49.6 Å².